The van der Waals surface area contributed by atoms with E-state index >= 15 is 0 Å². The van der Waals surface area contributed by atoms with Gasteiger partial charge >= 0.3 is 6.36 Å². The van der Waals surface area contributed by atoms with Crippen molar-refractivity contribution in [3.8, 4) is 5.75 Å². The van der Waals surface area contributed by atoms with Gasteiger partial charge in [-0.3, -0.25) is 29.2 Å². The van der Waals surface area contributed by atoms with Crippen molar-refractivity contribution in [3.63, 3.8) is 0 Å². The van der Waals surface area contributed by atoms with Gasteiger partial charge in [0.2, 0.25) is 17.8 Å². The third-order valence-electron chi connectivity index (χ3n) is 11.9. The Morgan fingerprint density at radius 1 is 0.900 bits per heavy atom. The highest BCUT2D eigenvalue weighted by atomic mass is 19.4. The van der Waals surface area contributed by atoms with E-state index in [0.717, 1.165) is 87.8 Å². The molecule has 4 fully saturated rings. The van der Waals surface area contributed by atoms with Gasteiger partial charge < -0.3 is 35.8 Å². The van der Waals surface area contributed by atoms with Crippen molar-refractivity contribution in [2.45, 2.75) is 76.2 Å². The fourth-order valence-electron chi connectivity index (χ4n) is 8.73. The van der Waals surface area contributed by atoms with E-state index in [4.69, 9.17) is 10.8 Å². The molecule has 0 saturated carbocycles. The van der Waals surface area contributed by atoms with Crippen LogP contribution in [0.25, 0.3) is 10.9 Å². The Labute approximate surface area is 344 Å². The number of aromatic nitrogens is 4. The Balaban J connectivity index is 0.869. The second kappa shape index (κ2) is 17.3. The van der Waals surface area contributed by atoms with Crippen molar-refractivity contribution in [2.75, 3.05) is 66.7 Å². The molecule has 0 spiro atoms. The van der Waals surface area contributed by atoms with Gasteiger partial charge in [-0.05, 0) is 87.6 Å². The first-order valence-corrected chi connectivity index (χ1v) is 20.5. The van der Waals surface area contributed by atoms with E-state index in [0.29, 0.717) is 30.4 Å². The molecule has 2 aromatic heterocycles. The van der Waals surface area contributed by atoms with Crippen molar-refractivity contribution in [1.82, 2.24) is 35.3 Å². The molecule has 4 amide bonds. The second-order valence-corrected chi connectivity index (χ2v) is 16.0. The van der Waals surface area contributed by atoms with Crippen molar-refractivity contribution in [1.29, 1.82) is 0 Å². The lowest BCUT2D eigenvalue weighted by Gasteiger charge is -2.38. The normalized spacial score (nSPS) is 19.9. The number of piperidine rings is 4. The number of fused-ring (bicyclic) bond motifs is 1. The highest BCUT2D eigenvalue weighted by Gasteiger charge is 2.35. The van der Waals surface area contributed by atoms with E-state index in [1.165, 1.54) is 30.8 Å². The molecule has 6 heterocycles. The topological polar surface area (TPSA) is 193 Å². The maximum atomic E-state index is 13.5. The molecule has 4 saturated heterocycles. The Kier molecular flexibility index (Phi) is 11.8. The molecule has 60 heavy (non-hydrogen) atoms. The highest BCUT2D eigenvalue weighted by Crippen LogP contribution is 2.36. The number of anilines is 4. The first-order chi connectivity index (χ1) is 28.8. The standard InChI is InChI=1S/C41H48F3N11O5/c42-41(43,44)60-35-21-28(4-5-29(35)37(57)47-30-6-7-36(56)50-39(30)59)53-18-9-25(10-19-53)23-52-16-11-27(12-17-52)55-24-26-20-33(48-38(58)31-8-13-46-40(45)49-31)34(22-32(26)51-55)54-14-2-1-3-15-54/h4-5,8,13,20-22,24-25,27,30H,1-3,6-7,9-12,14-19,23H2,(H,47,57)(H,48,58)(H2,45,46,49)(H,50,56,59)/t30-/m0/s1. The monoisotopic (exact) mass is 831 g/mol. The zero-order valence-corrected chi connectivity index (χ0v) is 33.0. The summed E-state index contributed by atoms with van der Waals surface area (Å²) in [5, 5.41) is 13.6. The minimum Gasteiger partial charge on any atom is -0.405 e. The van der Waals surface area contributed by atoms with Crippen molar-refractivity contribution in [2.24, 2.45) is 5.92 Å². The predicted octanol–water partition coefficient (Wildman–Crippen LogP) is 4.64. The minimum absolute atomic E-state index is 0.00802. The Hall–Kier alpha value is -5.98. The van der Waals surface area contributed by atoms with Crippen LogP contribution in [0.3, 0.4) is 0 Å². The number of likely N-dealkylation sites (tertiary alicyclic amines) is 1. The van der Waals surface area contributed by atoms with Crippen LogP contribution in [0.2, 0.25) is 0 Å². The number of carbonyl (C=O) groups excluding carboxylic acids is 4. The van der Waals surface area contributed by atoms with Crippen LogP contribution in [0, 0.1) is 5.92 Å². The lowest BCUT2D eigenvalue weighted by Crippen LogP contribution is -2.52. The number of carbonyl (C=O) groups is 4. The number of nitrogens with one attached hydrogen (secondary N) is 3. The molecule has 0 radical (unpaired) electrons. The first-order valence-electron chi connectivity index (χ1n) is 20.5. The quantitative estimate of drug-likeness (QED) is 0.162. The average Bonchev–Trinajstić information content (AvgIpc) is 3.65. The molecule has 4 aromatic rings. The molecule has 0 aliphatic carbocycles. The fraction of sp³-hybridized carbons (Fsp3) is 0.488. The smallest absolute Gasteiger partial charge is 0.405 e. The van der Waals surface area contributed by atoms with E-state index in [-0.39, 0.29) is 42.0 Å². The summed E-state index contributed by atoms with van der Waals surface area (Å²) in [6.07, 6.45) is 5.42. The van der Waals surface area contributed by atoms with Crippen LogP contribution in [-0.2, 0) is 9.59 Å². The van der Waals surface area contributed by atoms with E-state index in [9.17, 15) is 32.3 Å². The second-order valence-electron chi connectivity index (χ2n) is 16.0. The molecular weight excluding hydrogens is 784 g/mol. The van der Waals surface area contributed by atoms with E-state index in [2.05, 4.69) is 57.4 Å². The Morgan fingerprint density at radius 2 is 1.67 bits per heavy atom. The summed E-state index contributed by atoms with van der Waals surface area (Å²) in [6, 6.07) is 8.86. The summed E-state index contributed by atoms with van der Waals surface area (Å²) in [5.41, 5.74) is 8.59. The summed E-state index contributed by atoms with van der Waals surface area (Å²) in [6.45, 7) is 5.78. The third-order valence-corrected chi connectivity index (χ3v) is 11.9. The number of ether oxygens (including phenoxy) is 1. The number of hydrogen-bond donors (Lipinski definition) is 4. The lowest BCUT2D eigenvalue weighted by atomic mass is 9.94. The number of imide groups is 1. The number of alkyl halides is 3. The van der Waals surface area contributed by atoms with E-state index in [1.54, 1.807) is 6.07 Å². The molecule has 4 aliphatic heterocycles. The number of benzene rings is 2. The summed E-state index contributed by atoms with van der Waals surface area (Å²) in [5.74, 6) is -2.65. The molecular formula is C41H48F3N11O5. The van der Waals surface area contributed by atoms with Crippen LogP contribution < -0.4 is 36.2 Å². The molecule has 318 valence electrons. The lowest BCUT2D eigenvalue weighted by molar-refractivity contribution is -0.274. The van der Waals surface area contributed by atoms with Gasteiger partial charge in [-0.1, -0.05) is 0 Å². The molecule has 5 N–H and O–H groups in total. The molecule has 0 bridgehead atoms. The van der Waals surface area contributed by atoms with E-state index in [1.807, 2.05) is 11.0 Å². The van der Waals surface area contributed by atoms with Crippen LogP contribution in [0.15, 0.2) is 48.8 Å². The van der Waals surface area contributed by atoms with Crippen molar-refractivity contribution >= 4 is 57.5 Å². The number of amides is 4. The number of hydrogen-bond acceptors (Lipinski definition) is 12. The molecule has 0 unspecified atom stereocenters. The van der Waals surface area contributed by atoms with Gasteiger partial charge in [0, 0.05) is 81.8 Å². The number of halogens is 3. The number of rotatable bonds is 10. The Morgan fingerprint density at radius 3 is 2.38 bits per heavy atom. The van der Waals surface area contributed by atoms with Crippen LogP contribution in [0.4, 0.5) is 36.2 Å². The van der Waals surface area contributed by atoms with Gasteiger partial charge in [0.1, 0.15) is 17.5 Å². The maximum Gasteiger partial charge on any atom is 0.573 e. The number of nitrogen functional groups attached to an aromatic ring is 1. The van der Waals surface area contributed by atoms with Gasteiger partial charge in [-0.2, -0.15) is 5.10 Å². The van der Waals surface area contributed by atoms with Gasteiger partial charge in [0.15, 0.2) is 0 Å². The molecule has 1 atom stereocenters. The van der Waals surface area contributed by atoms with E-state index < -0.39 is 35.9 Å². The van der Waals surface area contributed by atoms with Gasteiger partial charge in [-0.25, -0.2) is 9.97 Å². The SMILES string of the molecule is Nc1nccc(C(=O)Nc2cc3cn(C4CCN(CC5CCN(c6ccc(C(=O)N[C@H]7CCC(=O)NC7=O)c(OC(F)(F)F)c6)CC5)CC4)nc3cc2N2CCCCC2)n1. The molecule has 4 aliphatic rings. The van der Waals surface area contributed by atoms with Crippen molar-refractivity contribution < 1.29 is 37.1 Å². The largest absolute Gasteiger partial charge is 0.573 e. The predicted molar refractivity (Wildman–Crippen MR) is 217 cm³/mol. The van der Waals surface area contributed by atoms with Gasteiger partial charge in [-0.15, -0.1) is 13.2 Å². The summed E-state index contributed by atoms with van der Waals surface area (Å²) in [7, 11) is 0. The molecule has 2 aromatic carbocycles. The summed E-state index contributed by atoms with van der Waals surface area (Å²) < 4.78 is 46.7. The van der Waals surface area contributed by atoms with Crippen LogP contribution in [0.1, 0.15) is 84.7 Å². The van der Waals surface area contributed by atoms with Gasteiger partial charge in [0.05, 0.1) is 28.5 Å². The summed E-state index contributed by atoms with van der Waals surface area (Å²) in [4.78, 5) is 64.6. The molecule has 19 heteroatoms. The van der Waals surface area contributed by atoms with Crippen LogP contribution in [-0.4, -0.2) is 106 Å². The zero-order valence-electron chi connectivity index (χ0n) is 33.0. The molecule has 16 nitrogen and oxygen atoms in total. The number of nitrogens with two attached hydrogens (primary N) is 1. The fourth-order valence-corrected chi connectivity index (χ4v) is 8.73. The summed E-state index contributed by atoms with van der Waals surface area (Å²) >= 11 is 0. The minimum atomic E-state index is -5.04. The van der Waals surface area contributed by atoms with Crippen LogP contribution >= 0.6 is 0 Å². The zero-order chi connectivity index (χ0) is 42.0. The number of nitrogens with zero attached hydrogens (tertiary/aromatic N) is 7. The third kappa shape index (κ3) is 9.56. The Bertz CT molecular complexity index is 2250. The van der Waals surface area contributed by atoms with Gasteiger partial charge in [0.25, 0.3) is 11.8 Å². The van der Waals surface area contributed by atoms with Crippen LogP contribution in [0.5, 0.6) is 5.75 Å². The maximum absolute atomic E-state index is 13.5. The average molecular weight is 832 g/mol. The first kappa shape index (κ1) is 40.8. The highest BCUT2D eigenvalue weighted by molar-refractivity contribution is 6.07. The van der Waals surface area contributed by atoms with Crippen molar-refractivity contribution in [3.05, 3.63) is 60.0 Å². The molecule has 8 rings (SSSR count).